The largest absolute Gasteiger partial charge is 0.472 e. The summed E-state index contributed by atoms with van der Waals surface area (Å²) in [6.07, 6.45) is 0.849. The van der Waals surface area contributed by atoms with Gasteiger partial charge in [0, 0.05) is 22.3 Å². The lowest BCUT2D eigenvalue weighted by molar-refractivity contribution is -0.222. The summed E-state index contributed by atoms with van der Waals surface area (Å²) in [4.78, 5) is 39.9. The average molecular weight is 503 g/mol. The van der Waals surface area contributed by atoms with Crippen LogP contribution in [0.1, 0.15) is 65.5 Å². The van der Waals surface area contributed by atoms with Crippen LogP contribution in [0.2, 0.25) is 0 Å². The standard InChI is InChI=1S/C27H34O9/c1-23(2)18-17(29)19(30)26(5)14(25(18,4)15(35-23)11-16(28)32-6)7-9-24(3)20(13-8-10-33-12-13)34-22(31)21-27(24,26)36-21/h8,10,12,14-15,17-18,20-21,29H,7,9,11H2,1-6H3. The van der Waals surface area contributed by atoms with Gasteiger partial charge in [-0.15, -0.1) is 0 Å². The third-order valence-electron chi connectivity index (χ3n) is 10.7. The van der Waals surface area contributed by atoms with Crippen LogP contribution in [0.3, 0.4) is 0 Å². The molecule has 0 amide bonds. The summed E-state index contributed by atoms with van der Waals surface area (Å²) in [5, 5.41) is 11.7. The van der Waals surface area contributed by atoms with Gasteiger partial charge in [0.25, 0.3) is 0 Å². The maximum atomic E-state index is 14.3. The molecule has 0 radical (unpaired) electrons. The first-order chi connectivity index (χ1) is 16.8. The molecule has 5 aliphatic rings. The fourth-order valence-electron chi connectivity index (χ4n) is 9.38. The molecule has 5 fully saturated rings. The van der Waals surface area contributed by atoms with Crippen molar-refractivity contribution in [2.75, 3.05) is 7.11 Å². The number of Topliss-reactive ketones (excluding diaryl/α,β-unsaturated/α-hetero) is 1. The zero-order chi connectivity index (χ0) is 26.1. The molecule has 1 spiro atoms. The number of epoxide rings is 1. The van der Waals surface area contributed by atoms with Crippen molar-refractivity contribution in [2.45, 2.75) is 89.5 Å². The fraction of sp³-hybridized carbons (Fsp3) is 0.741. The van der Waals surface area contributed by atoms with E-state index in [1.54, 1.807) is 12.3 Å². The maximum Gasteiger partial charge on any atom is 0.339 e. The van der Waals surface area contributed by atoms with Gasteiger partial charge < -0.3 is 28.5 Å². The van der Waals surface area contributed by atoms with E-state index >= 15 is 0 Å². The summed E-state index contributed by atoms with van der Waals surface area (Å²) >= 11 is 0. The van der Waals surface area contributed by atoms with Crippen LogP contribution in [-0.4, -0.2) is 59.5 Å². The van der Waals surface area contributed by atoms with Crippen LogP contribution in [0.5, 0.6) is 0 Å². The number of fused-ring (bicyclic) bond motifs is 3. The van der Waals surface area contributed by atoms with E-state index in [0.29, 0.717) is 18.4 Å². The second-order valence-corrected chi connectivity index (χ2v) is 12.5. The molecule has 3 saturated heterocycles. The quantitative estimate of drug-likeness (QED) is 0.491. The molecule has 196 valence electrons. The van der Waals surface area contributed by atoms with Crippen LogP contribution in [0.25, 0.3) is 0 Å². The summed E-state index contributed by atoms with van der Waals surface area (Å²) in [5.74, 6) is -2.10. The van der Waals surface area contributed by atoms with Crippen molar-refractivity contribution in [1.82, 2.24) is 0 Å². The number of ketones is 1. The maximum absolute atomic E-state index is 14.3. The zero-order valence-electron chi connectivity index (χ0n) is 21.5. The molecule has 0 aromatic carbocycles. The highest BCUT2D eigenvalue weighted by Crippen LogP contribution is 2.79. The first-order valence-electron chi connectivity index (χ1n) is 12.7. The first-order valence-corrected chi connectivity index (χ1v) is 12.7. The van der Waals surface area contributed by atoms with Gasteiger partial charge in [0.05, 0.1) is 43.2 Å². The molecule has 0 bridgehead atoms. The van der Waals surface area contributed by atoms with E-state index in [-0.39, 0.29) is 18.1 Å². The number of hydrogen-bond donors (Lipinski definition) is 1. The lowest BCUT2D eigenvalue weighted by atomic mass is 9.37. The molecule has 3 aliphatic heterocycles. The summed E-state index contributed by atoms with van der Waals surface area (Å²) in [5.41, 5.74) is -3.99. The second kappa shape index (κ2) is 6.99. The van der Waals surface area contributed by atoms with Gasteiger partial charge in [0.15, 0.2) is 11.9 Å². The normalized spacial score (nSPS) is 50.3. The minimum Gasteiger partial charge on any atom is -0.472 e. The molecule has 9 nitrogen and oxygen atoms in total. The van der Waals surface area contributed by atoms with E-state index in [0.717, 1.165) is 0 Å². The molecule has 1 aromatic heterocycles. The van der Waals surface area contributed by atoms with Gasteiger partial charge in [0.1, 0.15) is 17.8 Å². The number of ether oxygens (including phenoxy) is 4. The fourth-order valence-corrected chi connectivity index (χ4v) is 9.38. The molecule has 10 unspecified atom stereocenters. The highest BCUT2D eigenvalue weighted by Gasteiger charge is 2.90. The van der Waals surface area contributed by atoms with Crippen molar-refractivity contribution in [1.29, 1.82) is 0 Å². The van der Waals surface area contributed by atoms with E-state index < -0.39 is 69.7 Å². The minimum atomic E-state index is -1.35. The van der Waals surface area contributed by atoms with Gasteiger partial charge in [-0.05, 0) is 45.6 Å². The van der Waals surface area contributed by atoms with Gasteiger partial charge in [-0.1, -0.05) is 13.8 Å². The van der Waals surface area contributed by atoms with Crippen LogP contribution in [0, 0.1) is 28.1 Å². The molecule has 1 N–H and O–H groups in total. The summed E-state index contributed by atoms with van der Waals surface area (Å²) in [6, 6.07) is 1.77. The summed E-state index contributed by atoms with van der Waals surface area (Å²) in [6.45, 7) is 9.59. The SMILES string of the molecule is COC(=O)CC1OC(C)(C)C2C(O)C(=O)C3(C)C(CCC4(C)C(c5ccoc5)OC(=O)C5OC543)C12C. The van der Waals surface area contributed by atoms with Gasteiger partial charge >= 0.3 is 11.9 Å². The van der Waals surface area contributed by atoms with Crippen LogP contribution >= 0.6 is 0 Å². The number of rotatable bonds is 3. The number of methoxy groups -OCH3 is 1. The Hall–Kier alpha value is -2.23. The minimum absolute atomic E-state index is 0.00859. The number of hydrogen-bond acceptors (Lipinski definition) is 9. The first kappa shape index (κ1) is 24.1. The third kappa shape index (κ3) is 2.45. The molecule has 2 saturated carbocycles. The predicted molar refractivity (Wildman–Crippen MR) is 122 cm³/mol. The molecule has 1 aromatic rings. The second-order valence-electron chi connectivity index (χ2n) is 12.5. The van der Waals surface area contributed by atoms with E-state index in [4.69, 9.17) is 23.4 Å². The molecule has 6 rings (SSSR count). The van der Waals surface area contributed by atoms with Crippen molar-refractivity contribution in [3.05, 3.63) is 24.2 Å². The number of cyclic esters (lactones) is 1. The van der Waals surface area contributed by atoms with Crippen LogP contribution in [-0.2, 0) is 33.3 Å². The van der Waals surface area contributed by atoms with Crippen LogP contribution in [0.4, 0.5) is 0 Å². The topological polar surface area (TPSA) is 125 Å². The van der Waals surface area contributed by atoms with Gasteiger partial charge in [-0.25, -0.2) is 4.79 Å². The van der Waals surface area contributed by atoms with Crippen molar-refractivity contribution >= 4 is 17.7 Å². The number of furan rings is 1. The van der Waals surface area contributed by atoms with E-state index in [1.165, 1.54) is 13.4 Å². The number of aliphatic hydroxyl groups is 1. The van der Waals surface area contributed by atoms with E-state index in [9.17, 15) is 19.5 Å². The van der Waals surface area contributed by atoms with Crippen LogP contribution in [0.15, 0.2) is 23.0 Å². The van der Waals surface area contributed by atoms with Gasteiger partial charge in [-0.3, -0.25) is 9.59 Å². The lowest BCUT2D eigenvalue weighted by Gasteiger charge is -2.65. The average Bonchev–Trinajstić information content (AvgIpc) is 3.31. The molecule has 10 atom stereocenters. The van der Waals surface area contributed by atoms with Gasteiger partial charge in [-0.2, -0.15) is 0 Å². The molecule has 4 heterocycles. The number of carbonyl (C=O) groups is 3. The van der Waals surface area contributed by atoms with Crippen molar-refractivity contribution in [3.8, 4) is 0 Å². The smallest absolute Gasteiger partial charge is 0.339 e. The van der Waals surface area contributed by atoms with Crippen molar-refractivity contribution in [2.24, 2.45) is 28.1 Å². The molecule has 9 heteroatoms. The Kier molecular flexibility index (Phi) is 4.69. The number of aliphatic hydroxyl groups excluding tert-OH is 1. The molecular weight excluding hydrogens is 468 g/mol. The van der Waals surface area contributed by atoms with E-state index in [2.05, 4.69) is 0 Å². The highest BCUT2D eigenvalue weighted by atomic mass is 16.7. The zero-order valence-corrected chi connectivity index (χ0v) is 21.5. The third-order valence-corrected chi connectivity index (χ3v) is 10.7. The van der Waals surface area contributed by atoms with Crippen molar-refractivity contribution in [3.63, 3.8) is 0 Å². The monoisotopic (exact) mass is 502 g/mol. The van der Waals surface area contributed by atoms with E-state index in [1.807, 2.05) is 34.6 Å². The Bertz CT molecular complexity index is 1140. The van der Waals surface area contributed by atoms with Crippen molar-refractivity contribution < 1.29 is 42.9 Å². The van der Waals surface area contributed by atoms with Crippen LogP contribution < -0.4 is 0 Å². The summed E-state index contributed by atoms with van der Waals surface area (Å²) in [7, 11) is 1.34. The highest BCUT2D eigenvalue weighted by molar-refractivity contribution is 5.96. The molecule has 2 aliphatic carbocycles. The predicted octanol–water partition coefficient (Wildman–Crippen LogP) is 2.74. The molecule has 36 heavy (non-hydrogen) atoms. The lowest BCUT2D eigenvalue weighted by Crippen LogP contribution is -2.74. The Balaban J connectivity index is 1.52. The van der Waals surface area contributed by atoms with Gasteiger partial charge in [0.2, 0.25) is 0 Å². The number of carbonyl (C=O) groups excluding carboxylic acids is 3. The Morgan fingerprint density at radius 1 is 1.14 bits per heavy atom. The Morgan fingerprint density at radius 2 is 1.86 bits per heavy atom. The number of esters is 2. The summed E-state index contributed by atoms with van der Waals surface area (Å²) < 4.78 is 28.9. The molecular formula is C27H34O9. The Labute approximate surface area is 209 Å². The Morgan fingerprint density at radius 3 is 2.50 bits per heavy atom.